The third kappa shape index (κ3) is 10.2. The maximum atomic E-state index is 12.5. The second-order valence-electron chi connectivity index (χ2n) is 11.0. The Hall–Kier alpha value is -4.11. The summed E-state index contributed by atoms with van der Waals surface area (Å²) in [4.78, 5) is 25.9. The van der Waals surface area contributed by atoms with Crippen LogP contribution >= 0.6 is 0 Å². The zero-order valence-electron chi connectivity index (χ0n) is 25.8. The molecule has 15 heteroatoms. The van der Waals surface area contributed by atoms with Crippen LogP contribution < -0.4 is 16.4 Å². The summed E-state index contributed by atoms with van der Waals surface area (Å²) < 4.78 is 84.8. The number of ether oxygens (including phenoxy) is 1. The number of alkyl halides is 6. The van der Waals surface area contributed by atoms with Gasteiger partial charge in [0.1, 0.15) is 11.4 Å². The van der Waals surface area contributed by atoms with E-state index in [1.54, 1.807) is 13.8 Å². The Morgan fingerprint density at radius 2 is 1.65 bits per heavy atom. The number of rotatable bonds is 8. The van der Waals surface area contributed by atoms with E-state index in [2.05, 4.69) is 32.8 Å². The number of piperidine rings is 1. The summed E-state index contributed by atoms with van der Waals surface area (Å²) in [5.41, 5.74) is 5.05. The van der Waals surface area contributed by atoms with Gasteiger partial charge in [-0.1, -0.05) is 35.5 Å². The zero-order chi connectivity index (χ0) is 34.2. The van der Waals surface area contributed by atoms with Gasteiger partial charge in [-0.05, 0) is 68.9 Å². The van der Waals surface area contributed by atoms with Crippen molar-refractivity contribution in [3.05, 3.63) is 82.2 Å². The van der Waals surface area contributed by atoms with E-state index in [-0.39, 0.29) is 42.1 Å². The van der Waals surface area contributed by atoms with Gasteiger partial charge in [-0.25, -0.2) is 4.79 Å². The Bertz CT molecular complexity index is 1410. The number of primary amides is 1. The molecule has 0 spiro atoms. The number of aryl methyl sites for hydroxylation is 2. The fourth-order valence-electron chi connectivity index (χ4n) is 5.13. The lowest BCUT2D eigenvalue weighted by molar-refractivity contribution is -0.143. The summed E-state index contributed by atoms with van der Waals surface area (Å²) in [5.74, 6) is 0.476. The van der Waals surface area contributed by atoms with E-state index in [4.69, 9.17) is 15.0 Å². The maximum Gasteiger partial charge on any atom is 0.416 e. The first-order valence-electron chi connectivity index (χ1n) is 14.4. The largest absolute Gasteiger partial charge is 0.416 e. The number of urea groups is 1. The molecule has 1 aliphatic rings. The molecule has 1 fully saturated rings. The van der Waals surface area contributed by atoms with Gasteiger partial charge in [0.15, 0.2) is 5.76 Å². The van der Waals surface area contributed by atoms with Crippen LogP contribution in [0.15, 0.2) is 53.1 Å². The monoisotopic (exact) mass is 657 g/mol. The minimum absolute atomic E-state index is 0.0892. The standard InChI is InChI=1S/C20H27N5O3.C11H10F6O/c1-13-19(14(2)28-24-13)23-20(27)22-10-15-8-9-17(16-6-4-3-5-7-16)25(11-15)12-18(21)26;1-6(18-2)7-3-8(10(12,13)14)5-9(4-7)11(15,16)17/h3-7,15,17H,8-12H2,1-2H3,(H2,21,26)(H2,22,23,27);3-6H,1-2H3/t15-,17+;6-/m11/s1. The number of anilines is 1. The van der Waals surface area contributed by atoms with Crippen LogP contribution in [0.25, 0.3) is 0 Å². The molecule has 1 aliphatic heterocycles. The number of nitrogens with one attached hydrogen (secondary N) is 2. The molecule has 4 rings (SSSR count). The quantitative estimate of drug-likeness (QED) is 0.230. The fourth-order valence-corrected chi connectivity index (χ4v) is 5.13. The number of hydrogen-bond acceptors (Lipinski definition) is 6. The van der Waals surface area contributed by atoms with Gasteiger partial charge in [0.05, 0.1) is 23.8 Å². The predicted octanol–water partition coefficient (Wildman–Crippen LogP) is 6.78. The van der Waals surface area contributed by atoms with Crippen molar-refractivity contribution in [3.63, 3.8) is 0 Å². The van der Waals surface area contributed by atoms with E-state index in [1.165, 1.54) is 19.6 Å². The maximum absolute atomic E-state index is 12.5. The first kappa shape index (κ1) is 36.4. The van der Waals surface area contributed by atoms with E-state index < -0.39 is 29.6 Å². The van der Waals surface area contributed by atoms with Crippen LogP contribution in [0.1, 0.15) is 65.6 Å². The van der Waals surface area contributed by atoms with Gasteiger partial charge in [0.2, 0.25) is 5.91 Å². The molecule has 252 valence electrons. The van der Waals surface area contributed by atoms with Crippen molar-refractivity contribution in [3.8, 4) is 0 Å². The highest BCUT2D eigenvalue weighted by Crippen LogP contribution is 2.38. The fraction of sp³-hybridized carbons (Fsp3) is 0.452. The van der Waals surface area contributed by atoms with Crippen molar-refractivity contribution in [2.75, 3.05) is 32.1 Å². The first-order chi connectivity index (χ1) is 21.5. The van der Waals surface area contributed by atoms with Crippen LogP contribution in [0.3, 0.4) is 0 Å². The van der Waals surface area contributed by atoms with E-state index in [0.29, 0.717) is 42.4 Å². The molecule has 0 saturated carbocycles. The number of aromatic nitrogens is 1. The number of nitrogens with two attached hydrogens (primary N) is 1. The number of nitrogens with zero attached hydrogens (tertiary/aromatic N) is 2. The molecule has 46 heavy (non-hydrogen) atoms. The number of hydrogen-bond donors (Lipinski definition) is 3. The number of amides is 3. The van der Waals surface area contributed by atoms with Gasteiger partial charge in [-0.3, -0.25) is 9.69 Å². The van der Waals surface area contributed by atoms with Gasteiger partial charge in [0.25, 0.3) is 0 Å². The third-order valence-electron chi connectivity index (χ3n) is 7.58. The second kappa shape index (κ2) is 15.5. The number of likely N-dealkylation sites (tertiary alicyclic amines) is 1. The molecule has 2 aromatic carbocycles. The first-order valence-corrected chi connectivity index (χ1v) is 14.4. The molecule has 3 atom stereocenters. The van der Waals surface area contributed by atoms with Gasteiger partial charge in [-0.15, -0.1) is 0 Å². The van der Waals surface area contributed by atoms with Crippen molar-refractivity contribution >= 4 is 17.6 Å². The number of carbonyl (C=O) groups excluding carboxylic acids is 2. The van der Waals surface area contributed by atoms with Crippen molar-refractivity contribution in [2.24, 2.45) is 11.7 Å². The summed E-state index contributed by atoms with van der Waals surface area (Å²) >= 11 is 0. The van der Waals surface area contributed by atoms with Gasteiger partial charge in [-0.2, -0.15) is 26.3 Å². The van der Waals surface area contributed by atoms with Crippen LogP contribution in [0, 0.1) is 19.8 Å². The molecule has 0 radical (unpaired) electrons. The lowest BCUT2D eigenvalue weighted by Gasteiger charge is -2.39. The average Bonchev–Trinajstić information content (AvgIpc) is 3.31. The highest BCUT2D eigenvalue weighted by Gasteiger charge is 2.37. The molecule has 1 aromatic heterocycles. The average molecular weight is 658 g/mol. The third-order valence-corrected chi connectivity index (χ3v) is 7.58. The van der Waals surface area contributed by atoms with Crippen molar-refractivity contribution in [1.82, 2.24) is 15.4 Å². The van der Waals surface area contributed by atoms with Crippen LogP contribution in [0.5, 0.6) is 0 Å². The molecule has 3 aromatic rings. The van der Waals surface area contributed by atoms with Crippen molar-refractivity contribution in [2.45, 2.75) is 58.1 Å². The lowest BCUT2D eigenvalue weighted by atomic mass is 9.89. The molecule has 4 N–H and O–H groups in total. The van der Waals surface area contributed by atoms with Crippen LogP contribution in [0.4, 0.5) is 36.8 Å². The normalized spacial score (nSPS) is 17.9. The molecule has 0 aliphatic carbocycles. The highest BCUT2D eigenvalue weighted by atomic mass is 19.4. The Labute approximate surface area is 262 Å². The number of halogens is 6. The van der Waals surface area contributed by atoms with Crippen LogP contribution in [0.2, 0.25) is 0 Å². The molecule has 1 saturated heterocycles. The molecule has 2 heterocycles. The topological polar surface area (TPSA) is 123 Å². The van der Waals surface area contributed by atoms with E-state index >= 15 is 0 Å². The molecular formula is C31H37F6N5O4. The summed E-state index contributed by atoms with van der Waals surface area (Å²) in [6.45, 7) is 6.33. The second-order valence-corrected chi connectivity index (χ2v) is 11.0. The van der Waals surface area contributed by atoms with Crippen LogP contribution in [-0.4, -0.2) is 48.7 Å². The number of methoxy groups -OCH3 is 1. The van der Waals surface area contributed by atoms with E-state index in [1.807, 2.05) is 18.2 Å². The van der Waals surface area contributed by atoms with E-state index in [9.17, 15) is 35.9 Å². The van der Waals surface area contributed by atoms with E-state index in [0.717, 1.165) is 12.8 Å². The summed E-state index contributed by atoms with van der Waals surface area (Å²) in [6, 6.07) is 11.4. The van der Waals surface area contributed by atoms with Crippen molar-refractivity contribution in [1.29, 1.82) is 0 Å². The predicted molar refractivity (Wildman–Crippen MR) is 158 cm³/mol. The van der Waals surface area contributed by atoms with Gasteiger partial charge >= 0.3 is 18.4 Å². The summed E-state index contributed by atoms with van der Waals surface area (Å²) in [5, 5.41) is 9.52. The highest BCUT2D eigenvalue weighted by molar-refractivity contribution is 5.90. The molecule has 0 bridgehead atoms. The smallest absolute Gasteiger partial charge is 0.377 e. The minimum Gasteiger partial charge on any atom is -0.377 e. The zero-order valence-corrected chi connectivity index (χ0v) is 25.8. The van der Waals surface area contributed by atoms with Gasteiger partial charge in [0, 0.05) is 26.2 Å². The van der Waals surface area contributed by atoms with Gasteiger partial charge < -0.3 is 25.6 Å². The lowest BCUT2D eigenvalue weighted by Crippen LogP contribution is -2.46. The Balaban J connectivity index is 0.000000277. The number of carbonyl (C=O) groups is 2. The van der Waals surface area contributed by atoms with Crippen molar-refractivity contribution < 1.29 is 45.2 Å². The Morgan fingerprint density at radius 3 is 2.15 bits per heavy atom. The number of benzene rings is 2. The minimum atomic E-state index is -4.83. The molecule has 3 amide bonds. The summed E-state index contributed by atoms with van der Waals surface area (Å²) in [6.07, 6.45) is -8.64. The molecule has 9 nitrogen and oxygen atoms in total. The SMILES string of the molecule is CO[C@H](C)c1cc(C(F)(F)F)cc(C(F)(F)F)c1.Cc1noc(C)c1NC(=O)NC[C@H]1CC[C@@H](c2ccccc2)N(CC(N)=O)C1. The van der Waals surface area contributed by atoms with Crippen LogP contribution in [-0.2, 0) is 21.9 Å². The Morgan fingerprint density at radius 1 is 1.04 bits per heavy atom. The molecule has 0 unspecified atom stereocenters. The summed E-state index contributed by atoms with van der Waals surface area (Å²) in [7, 11) is 1.21. The molecular weight excluding hydrogens is 620 g/mol. The Kier molecular flexibility index (Phi) is 12.2.